The molecule has 10 heteroatoms. The summed E-state index contributed by atoms with van der Waals surface area (Å²) in [4.78, 5) is 16.1. The fourth-order valence-electron chi connectivity index (χ4n) is 2.43. The van der Waals surface area contributed by atoms with Gasteiger partial charge in [0, 0.05) is 29.6 Å². The third-order valence-electron chi connectivity index (χ3n) is 3.73. The van der Waals surface area contributed by atoms with Crippen molar-refractivity contribution in [3.63, 3.8) is 0 Å². The Kier molecular flexibility index (Phi) is 6.28. The first-order chi connectivity index (χ1) is 13.8. The molecule has 0 radical (unpaired) electrons. The van der Waals surface area contributed by atoms with Crippen molar-refractivity contribution in [3.05, 3.63) is 77.3 Å². The fraction of sp³-hybridized carbons (Fsp3) is 0.158. The number of aromatic nitrogens is 2. The topological polar surface area (TPSA) is 65.4 Å². The van der Waals surface area contributed by atoms with E-state index in [2.05, 4.69) is 15.0 Å². The van der Waals surface area contributed by atoms with Gasteiger partial charge < -0.3 is 14.0 Å². The number of rotatable bonds is 6. The summed E-state index contributed by atoms with van der Waals surface area (Å²) in [5, 5.41) is 3.06. The van der Waals surface area contributed by atoms with Crippen LogP contribution in [0.2, 0.25) is 5.02 Å². The van der Waals surface area contributed by atoms with Crippen LogP contribution in [0.5, 0.6) is 5.75 Å². The minimum atomic E-state index is -4.78. The van der Waals surface area contributed by atoms with E-state index in [0.717, 1.165) is 17.7 Å². The smallest absolute Gasteiger partial charge is 0.441 e. The predicted molar refractivity (Wildman–Crippen MR) is 99.7 cm³/mol. The molecule has 0 unspecified atom stereocenters. The Hall–Kier alpha value is -3.20. The predicted octanol–water partition coefficient (Wildman–Crippen LogP) is 5.23. The molecule has 0 bridgehead atoms. The molecule has 0 aliphatic rings. The van der Waals surface area contributed by atoms with Crippen molar-refractivity contribution in [2.45, 2.75) is 19.5 Å². The molecule has 6 nitrogen and oxygen atoms in total. The van der Waals surface area contributed by atoms with E-state index in [1.54, 1.807) is 24.5 Å². The Morgan fingerprint density at radius 1 is 1.10 bits per heavy atom. The molecule has 1 N–H and O–H groups in total. The normalized spacial score (nSPS) is 11.2. The van der Waals surface area contributed by atoms with Crippen molar-refractivity contribution in [2.75, 3.05) is 5.32 Å². The number of nitrogens with zero attached hydrogens (tertiary/aromatic N) is 2. The quantitative estimate of drug-likeness (QED) is 0.587. The zero-order valence-electron chi connectivity index (χ0n) is 14.8. The number of ether oxygens (including phenoxy) is 2. The van der Waals surface area contributed by atoms with Crippen LogP contribution in [0.3, 0.4) is 0 Å². The number of hydrogen-bond acceptors (Lipinski definition) is 4. The molecule has 0 fully saturated rings. The van der Waals surface area contributed by atoms with E-state index in [1.807, 2.05) is 16.7 Å². The number of amides is 1. The lowest BCUT2D eigenvalue weighted by atomic mass is 10.2. The van der Waals surface area contributed by atoms with E-state index in [4.69, 9.17) is 16.3 Å². The van der Waals surface area contributed by atoms with Crippen molar-refractivity contribution in [3.8, 4) is 5.75 Å². The zero-order chi connectivity index (χ0) is 20.9. The second kappa shape index (κ2) is 8.87. The number of benzene rings is 2. The molecular weight excluding hydrogens is 411 g/mol. The molecule has 0 aliphatic heterocycles. The Labute approximate surface area is 168 Å². The van der Waals surface area contributed by atoms with Crippen LogP contribution in [0.15, 0.2) is 60.9 Å². The van der Waals surface area contributed by atoms with Gasteiger partial charge in [-0.25, -0.2) is 9.78 Å². The number of carbonyl (C=O) groups excluding carboxylic acids is 1. The third-order valence-corrected chi connectivity index (χ3v) is 3.99. The Morgan fingerprint density at radius 2 is 1.79 bits per heavy atom. The molecule has 152 valence electrons. The van der Waals surface area contributed by atoms with Crippen LogP contribution in [0.1, 0.15) is 11.4 Å². The van der Waals surface area contributed by atoms with E-state index in [0.29, 0.717) is 17.4 Å². The molecule has 3 aromatic rings. The Balaban J connectivity index is 1.52. The maximum Gasteiger partial charge on any atom is 0.573 e. The number of nitrogens with one attached hydrogen (secondary N) is 1. The van der Waals surface area contributed by atoms with E-state index >= 15 is 0 Å². The van der Waals surface area contributed by atoms with Gasteiger partial charge in [-0.3, -0.25) is 5.32 Å². The Morgan fingerprint density at radius 3 is 2.45 bits per heavy atom. The molecule has 3 rings (SSSR count). The number of carbonyl (C=O) groups is 1. The van der Waals surface area contributed by atoms with Gasteiger partial charge in [-0.05, 0) is 42.0 Å². The van der Waals surface area contributed by atoms with Gasteiger partial charge in [0.25, 0.3) is 0 Å². The van der Waals surface area contributed by atoms with Crippen molar-refractivity contribution >= 4 is 23.4 Å². The molecule has 1 aromatic heterocycles. The van der Waals surface area contributed by atoms with Crippen LogP contribution in [0.25, 0.3) is 0 Å². The molecule has 0 aliphatic carbocycles. The van der Waals surface area contributed by atoms with E-state index in [1.165, 1.54) is 12.1 Å². The maximum atomic E-state index is 12.1. The van der Waals surface area contributed by atoms with Crippen molar-refractivity contribution in [1.82, 2.24) is 9.55 Å². The van der Waals surface area contributed by atoms with Crippen molar-refractivity contribution in [2.24, 2.45) is 0 Å². The average molecular weight is 426 g/mol. The van der Waals surface area contributed by atoms with Crippen LogP contribution in [0, 0.1) is 0 Å². The van der Waals surface area contributed by atoms with Crippen LogP contribution in [-0.4, -0.2) is 22.0 Å². The molecule has 0 saturated heterocycles. The number of alkyl halides is 3. The summed E-state index contributed by atoms with van der Waals surface area (Å²) in [6.45, 7) is 0.444. The summed E-state index contributed by atoms with van der Waals surface area (Å²) in [5.74, 6) is 0.143. The fourth-order valence-corrected chi connectivity index (χ4v) is 2.56. The van der Waals surface area contributed by atoms with Crippen LogP contribution in [-0.2, 0) is 17.9 Å². The largest absolute Gasteiger partial charge is 0.573 e. The number of imidazole rings is 1. The van der Waals surface area contributed by atoms with Gasteiger partial charge in [-0.1, -0.05) is 23.7 Å². The highest BCUT2D eigenvalue weighted by molar-refractivity contribution is 6.30. The molecule has 0 atom stereocenters. The van der Waals surface area contributed by atoms with Crippen LogP contribution < -0.4 is 10.1 Å². The summed E-state index contributed by atoms with van der Waals surface area (Å²) >= 11 is 5.87. The van der Waals surface area contributed by atoms with Crippen LogP contribution >= 0.6 is 11.6 Å². The summed E-state index contributed by atoms with van der Waals surface area (Å²) in [6.07, 6.45) is -2.20. The number of halogens is 4. The van der Waals surface area contributed by atoms with Gasteiger partial charge in [-0.2, -0.15) is 0 Å². The second-order valence-corrected chi connectivity index (χ2v) is 6.31. The molecular formula is C19H15ClF3N3O3. The highest BCUT2D eigenvalue weighted by atomic mass is 35.5. The monoisotopic (exact) mass is 425 g/mol. The SMILES string of the molecule is O=C(Nc1ccc(OC(F)(F)F)cc1)OCc1nccn1Cc1ccc(Cl)cc1. The van der Waals surface area contributed by atoms with E-state index in [-0.39, 0.29) is 18.0 Å². The second-order valence-electron chi connectivity index (χ2n) is 5.87. The average Bonchev–Trinajstić information content (AvgIpc) is 3.09. The summed E-state index contributed by atoms with van der Waals surface area (Å²) in [5.41, 5.74) is 1.26. The minimum Gasteiger partial charge on any atom is -0.441 e. The third kappa shape index (κ3) is 6.42. The van der Waals surface area contributed by atoms with Crippen molar-refractivity contribution in [1.29, 1.82) is 0 Å². The van der Waals surface area contributed by atoms with Gasteiger partial charge in [0.2, 0.25) is 0 Å². The van der Waals surface area contributed by atoms with E-state index in [9.17, 15) is 18.0 Å². The Bertz CT molecular complexity index is 957. The molecule has 29 heavy (non-hydrogen) atoms. The molecule has 0 spiro atoms. The molecule has 0 saturated carbocycles. The van der Waals surface area contributed by atoms with E-state index < -0.39 is 12.5 Å². The van der Waals surface area contributed by atoms with Gasteiger partial charge >= 0.3 is 12.5 Å². The summed E-state index contributed by atoms with van der Waals surface area (Å²) < 4.78 is 47.2. The van der Waals surface area contributed by atoms with Gasteiger partial charge in [-0.15, -0.1) is 13.2 Å². The molecule has 1 amide bonds. The minimum absolute atomic E-state index is 0.0817. The lowest BCUT2D eigenvalue weighted by molar-refractivity contribution is -0.274. The van der Waals surface area contributed by atoms with Crippen molar-refractivity contribution < 1.29 is 27.4 Å². The number of anilines is 1. The van der Waals surface area contributed by atoms with Crippen LogP contribution in [0.4, 0.5) is 23.7 Å². The van der Waals surface area contributed by atoms with Gasteiger partial charge in [0.1, 0.15) is 11.6 Å². The first-order valence-corrected chi connectivity index (χ1v) is 8.70. The molecule has 1 heterocycles. The zero-order valence-corrected chi connectivity index (χ0v) is 15.6. The first kappa shape index (κ1) is 20.5. The summed E-state index contributed by atoms with van der Waals surface area (Å²) in [7, 11) is 0. The first-order valence-electron chi connectivity index (χ1n) is 8.32. The highest BCUT2D eigenvalue weighted by Crippen LogP contribution is 2.24. The maximum absolute atomic E-state index is 12.1. The lowest BCUT2D eigenvalue weighted by Crippen LogP contribution is -2.17. The summed E-state index contributed by atoms with van der Waals surface area (Å²) in [6, 6.07) is 12.0. The van der Waals surface area contributed by atoms with Gasteiger partial charge in [0.05, 0.1) is 0 Å². The molecule has 2 aromatic carbocycles. The number of hydrogen-bond donors (Lipinski definition) is 1. The lowest BCUT2D eigenvalue weighted by Gasteiger charge is -2.11. The highest BCUT2D eigenvalue weighted by Gasteiger charge is 2.30. The van der Waals surface area contributed by atoms with Gasteiger partial charge in [0.15, 0.2) is 6.61 Å². The standard InChI is InChI=1S/C19H15ClF3N3O3/c20-14-3-1-13(2-4-14)11-26-10-9-24-17(26)12-28-18(27)25-15-5-7-16(8-6-15)29-19(21,22)23/h1-10H,11-12H2,(H,25,27).